The number of nitrogens with one attached hydrogen (secondary N) is 2. The van der Waals surface area contributed by atoms with E-state index in [9.17, 15) is 22.8 Å². The first-order valence-corrected chi connectivity index (χ1v) is 8.55. The molecular weight excluding hydrogens is 377 g/mol. The molecule has 2 aromatic rings. The molecule has 0 saturated heterocycles. The van der Waals surface area contributed by atoms with E-state index >= 15 is 0 Å². The van der Waals surface area contributed by atoms with E-state index in [1.165, 1.54) is 0 Å². The van der Waals surface area contributed by atoms with Crippen LogP contribution < -0.4 is 10.6 Å². The van der Waals surface area contributed by atoms with E-state index in [-0.39, 0.29) is 10.6 Å². The minimum absolute atomic E-state index is 0.0787. The number of alkyl halides is 3. The van der Waals surface area contributed by atoms with E-state index < -0.39 is 18.0 Å². The summed E-state index contributed by atoms with van der Waals surface area (Å²) < 4.78 is 37.6. The minimum Gasteiger partial charge on any atom is -0.321 e. The van der Waals surface area contributed by atoms with Gasteiger partial charge in [0.1, 0.15) is 5.00 Å². The average Bonchev–Trinajstić information content (AvgIpc) is 3.08. The van der Waals surface area contributed by atoms with Crippen molar-refractivity contribution in [1.29, 1.82) is 0 Å². The Labute approximate surface area is 150 Å². The maximum absolute atomic E-state index is 12.6. The Balaban J connectivity index is 1.93. The molecule has 1 aliphatic rings. The lowest BCUT2D eigenvalue weighted by Crippen LogP contribution is -2.30. The molecular formula is C16H12ClF3N2O2S. The Morgan fingerprint density at radius 1 is 1.12 bits per heavy atom. The number of hydrogen-bond donors (Lipinski definition) is 2. The van der Waals surface area contributed by atoms with Crippen LogP contribution in [0.5, 0.6) is 0 Å². The fourth-order valence-corrected chi connectivity index (χ4v) is 4.12. The molecule has 0 atom stereocenters. The van der Waals surface area contributed by atoms with Crippen molar-refractivity contribution in [3.8, 4) is 0 Å². The van der Waals surface area contributed by atoms with Gasteiger partial charge in [0.25, 0.3) is 5.91 Å². The number of hydrogen-bond acceptors (Lipinski definition) is 3. The molecule has 0 aliphatic heterocycles. The molecule has 0 fully saturated rings. The number of para-hydroxylation sites is 1. The molecule has 132 valence electrons. The second kappa shape index (κ2) is 6.68. The quantitative estimate of drug-likeness (QED) is 0.804. The predicted molar refractivity (Wildman–Crippen MR) is 90.4 cm³/mol. The lowest BCUT2D eigenvalue weighted by atomic mass is 10.1. The zero-order chi connectivity index (χ0) is 18.2. The summed E-state index contributed by atoms with van der Waals surface area (Å²) in [7, 11) is 0. The standard InChI is InChI=1S/C16H12ClF3N2O2S/c17-9-5-1-2-6-10(9)21-13(23)12-8-4-3-7-11(8)25-14(12)22-15(24)16(18,19)20/h1-2,5-6H,3-4,7H2,(H,21,23)(H,22,24). The van der Waals surface area contributed by atoms with Crippen molar-refractivity contribution in [2.45, 2.75) is 25.4 Å². The molecule has 1 aromatic heterocycles. The summed E-state index contributed by atoms with van der Waals surface area (Å²) in [5.74, 6) is -2.69. The minimum atomic E-state index is -5.02. The number of carbonyl (C=O) groups is 2. The van der Waals surface area contributed by atoms with Crippen molar-refractivity contribution >= 4 is 45.4 Å². The molecule has 0 bridgehead atoms. The summed E-state index contributed by atoms with van der Waals surface area (Å²) in [5, 5.41) is 4.64. The zero-order valence-electron chi connectivity index (χ0n) is 12.7. The van der Waals surface area contributed by atoms with E-state index in [1.807, 2.05) is 5.32 Å². The molecule has 0 radical (unpaired) electrons. The number of benzene rings is 1. The molecule has 9 heteroatoms. The number of amides is 2. The van der Waals surface area contributed by atoms with Gasteiger partial charge in [-0.25, -0.2) is 0 Å². The van der Waals surface area contributed by atoms with Crippen LogP contribution in [0, 0.1) is 0 Å². The molecule has 0 spiro atoms. The van der Waals surface area contributed by atoms with E-state index in [0.29, 0.717) is 29.1 Å². The Kier molecular flexibility index (Phi) is 4.75. The van der Waals surface area contributed by atoms with Crippen molar-refractivity contribution in [3.63, 3.8) is 0 Å². The van der Waals surface area contributed by atoms with Crippen LogP contribution in [-0.2, 0) is 17.6 Å². The highest BCUT2D eigenvalue weighted by Crippen LogP contribution is 2.40. The van der Waals surface area contributed by atoms with Gasteiger partial charge in [-0.2, -0.15) is 13.2 Å². The number of carbonyl (C=O) groups excluding carboxylic acids is 2. The molecule has 0 unspecified atom stereocenters. The smallest absolute Gasteiger partial charge is 0.321 e. The van der Waals surface area contributed by atoms with Gasteiger partial charge in [-0.15, -0.1) is 11.3 Å². The highest BCUT2D eigenvalue weighted by molar-refractivity contribution is 7.17. The molecule has 1 aliphatic carbocycles. The van der Waals surface area contributed by atoms with E-state index in [1.54, 1.807) is 24.3 Å². The Morgan fingerprint density at radius 2 is 1.84 bits per heavy atom. The van der Waals surface area contributed by atoms with Crippen LogP contribution >= 0.6 is 22.9 Å². The predicted octanol–water partition coefficient (Wildman–Crippen LogP) is 4.64. The van der Waals surface area contributed by atoms with Crippen LogP contribution in [0.25, 0.3) is 0 Å². The van der Waals surface area contributed by atoms with Gasteiger partial charge >= 0.3 is 12.1 Å². The summed E-state index contributed by atoms with van der Waals surface area (Å²) in [6, 6.07) is 6.53. The van der Waals surface area contributed by atoms with Gasteiger partial charge in [-0.05, 0) is 37.0 Å². The number of rotatable bonds is 3. The molecule has 1 heterocycles. The SMILES string of the molecule is O=C(Nc1ccccc1Cl)c1c(NC(=O)C(F)(F)F)sc2c1CCC2. The summed E-state index contributed by atoms with van der Waals surface area (Å²) in [6.07, 6.45) is -2.95. The second-order valence-electron chi connectivity index (χ2n) is 5.45. The third-order valence-electron chi connectivity index (χ3n) is 3.75. The first kappa shape index (κ1) is 17.8. The maximum atomic E-state index is 12.6. The third kappa shape index (κ3) is 3.64. The number of halogens is 4. The molecule has 2 N–H and O–H groups in total. The average molecular weight is 389 g/mol. The van der Waals surface area contributed by atoms with Gasteiger partial charge in [0.2, 0.25) is 0 Å². The number of fused-ring (bicyclic) bond motifs is 1. The number of aryl methyl sites for hydroxylation is 1. The van der Waals surface area contributed by atoms with Crippen LogP contribution in [0.3, 0.4) is 0 Å². The molecule has 1 aromatic carbocycles. The number of anilines is 2. The van der Waals surface area contributed by atoms with Gasteiger partial charge < -0.3 is 10.6 Å². The largest absolute Gasteiger partial charge is 0.471 e. The number of thiophene rings is 1. The van der Waals surface area contributed by atoms with Crippen molar-refractivity contribution in [1.82, 2.24) is 0 Å². The van der Waals surface area contributed by atoms with E-state index in [4.69, 9.17) is 11.6 Å². The van der Waals surface area contributed by atoms with Gasteiger partial charge in [-0.1, -0.05) is 23.7 Å². The molecule has 0 saturated carbocycles. The van der Waals surface area contributed by atoms with Gasteiger partial charge in [0, 0.05) is 4.88 Å². The van der Waals surface area contributed by atoms with Crippen LogP contribution in [-0.4, -0.2) is 18.0 Å². The summed E-state index contributed by atoms with van der Waals surface area (Å²) in [4.78, 5) is 24.7. The maximum Gasteiger partial charge on any atom is 0.471 e. The first-order valence-electron chi connectivity index (χ1n) is 7.36. The zero-order valence-corrected chi connectivity index (χ0v) is 14.2. The fourth-order valence-electron chi connectivity index (χ4n) is 2.65. The van der Waals surface area contributed by atoms with Crippen molar-refractivity contribution in [3.05, 3.63) is 45.3 Å². The molecule has 2 amide bonds. The van der Waals surface area contributed by atoms with Crippen LogP contribution in [0.1, 0.15) is 27.2 Å². The highest BCUT2D eigenvalue weighted by Gasteiger charge is 2.40. The monoisotopic (exact) mass is 388 g/mol. The molecule has 4 nitrogen and oxygen atoms in total. The van der Waals surface area contributed by atoms with E-state index in [2.05, 4.69) is 5.32 Å². The van der Waals surface area contributed by atoms with Crippen LogP contribution in [0.4, 0.5) is 23.9 Å². The second-order valence-corrected chi connectivity index (χ2v) is 6.96. The highest BCUT2D eigenvalue weighted by atomic mass is 35.5. The topological polar surface area (TPSA) is 58.2 Å². The third-order valence-corrected chi connectivity index (χ3v) is 5.29. The fraction of sp³-hybridized carbons (Fsp3) is 0.250. The van der Waals surface area contributed by atoms with Gasteiger partial charge in [-0.3, -0.25) is 9.59 Å². The lowest BCUT2D eigenvalue weighted by Gasteiger charge is -2.11. The summed E-state index contributed by atoms with van der Waals surface area (Å²) in [5.41, 5.74) is 1.11. The Morgan fingerprint density at radius 3 is 2.52 bits per heavy atom. The lowest BCUT2D eigenvalue weighted by molar-refractivity contribution is -0.167. The summed E-state index contributed by atoms with van der Waals surface area (Å²) in [6.45, 7) is 0. The normalized spacial score (nSPS) is 13.4. The molecule has 3 rings (SSSR count). The van der Waals surface area contributed by atoms with Crippen LogP contribution in [0.2, 0.25) is 5.02 Å². The van der Waals surface area contributed by atoms with Crippen molar-refractivity contribution < 1.29 is 22.8 Å². The van der Waals surface area contributed by atoms with E-state index in [0.717, 1.165) is 22.6 Å². The van der Waals surface area contributed by atoms with Crippen LogP contribution in [0.15, 0.2) is 24.3 Å². The first-order chi connectivity index (χ1) is 11.8. The summed E-state index contributed by atoms with van der Waals surface area (Å²) >= 11 is 7.01. The van der Waals surface area contributed by atoms with Crippen molar-refractivity contribution in [2.24, 2.45) is 0 Å². The Bertz CT molecular complexity index is 848. The van der Waals surface area contributed by atoms with Gasteiger partial charge in [0.05, 0.1) is 16.3 Å². The van der Waals surface area contributed by atoms with Crippen molar-refractivity contribution in [2.75, 3.05) is 10.6 Å². The Hall–Kier alpha value is -2.06. The van der Waals surface area contributed by atoms with Gasteiger partial charge in [0.15, 0.2) is 0 Å². The molecule has 25 heavy (non-hydrogen) atoms.